The number of aromatic nitrogens is 4. The SMILES string of the molecule is CCn1cnc2c(NCc3cccc(OC)c3N)nc(NC(CO)C(C)C)nc21. The smallest absolute Gasteiger partial charge is 0.227 e. The number of hydrogen-bond donors (Lipinski definition) is 4. The van der Waals surface area contributed by atoms with Crippen molar-refractivity contribution in [1.82, 2.24) is 19.5 Å². The van der Waals surface area contributed by atoms with Crippen LogP contribution < -0.4 is 21.1 Å². The summed E-state index contributed by atoms with van der Waals surface area (Å²) in [7, 11) is 1.60. The van der Waals surface area contributed by atoms with Gasteiger partial charge in [-0.25, -0.2) is 4.98 Å². The lowest BCUT2D eigenvalue weighted by Crippen LogP contribution is -2.30. The Hall–Kier alpha value is -3.07. The van der Waals surface area contributed by atoms with Crippen LogP contribution in [0.2, 0.25) is 0 Å². The number of nitrogens with one attached hydrogen (secondary N) is 2. The summed E-state index contributed by atoms with van der Waals surface area (Å²) < 4.78 is 7.25. The molecule has 2 heterocycles. The van der Waals surface area contributed by atoms with Crippen molar-refractivity contribution in [3.8, 4) is 5.75 Å². The Balaban J connectivity index is 1.94. The molecule has 0 radical (unpaired) electrons. The summed E-state index contributed by atoms with van der Waals surface area (Å²) in [6.45, 7) is 7.30. The van der Waals surface area contributed by atoms with Gasteiger partial charge in [0.25, 0.3) is 0 Å². The Bertz CT molecular complexity index is 971. The number of imidazole rings is 1. The summed E-state index contributed by atoms with van der Waals surface area (Å²) in [6.07, 6.45) is 1.75. The van der Waals surface area contributed by atoms with E-state index in [1.54, 1.807) is 13.4 Å². The highest BCUT2D eigenvalue weighted by Gasteiger charge is 2.17. The van der Waals surface area contributed by atoms with E-state index in [1.807, 2.05) is 43.5 Å². The second kappa shape index (κ2) is 8.95. The molecule has 0 bridgehead atoms. The van der Waals surface area contributed by atoms with E-state index < -0.39 is 0 Å². The molecule has 1 unspecified atom stereocenters. The molecule has 0 fully saturated rings. The number of methoxy groups -OCH3 is 1. The van der Waals surface area contributed by atoms with Crippen LogP contribution in [0.1, 0.15) is 26.3 Å². The molecular formula is C20H29N7O2. The molecule has 0 aliphatic carbocycles. The van der Waals surface area contributed by atoms with Crippen molar-refractivity contribution in [2.24, 2.45) is 5.92 Å². The van der Waals surface area contributed by atoms with E-state index in [0.29, 0.717) is 35.3 Å². The number of fused-ring (bicyclic) bond motifs is 1. The van der Waals surface area contributed by atoms with Crippen molar-refractivity contribution >= 4 is 28.6 Å². The summed E-state index contributed by atoms with van der Waals surface area (Å²) in [5.74, 6) is 1.91. The van der Waals surface area contributed by atoms with E-state index in [0.717, 1.165) is 17.8 Å². The predicted molar refractivity (Wildman–Crippen MR) is 115 cm³/mol. The molecule has 2 aromatic heterocycles. The van der Waals surface area contributed by atoms with Crippen LogP contribution in [0.25, 0.3) is 11.2 Å². The first-order chi connectivity index (χ1) is 14.0. The van der Waals surface area contributed by atoms with Crippen molar-refractivity contribution in [3.63, 3.8) is 0 Å². The number of aliphatic hydroxyl groups is 1. The highest BCUT2D eigenvalue weighted by molar-refractivity contribution is 5.84. The molecule has 5 N–H and O–H groups in total. The summed E-state index contributed by atoms with van der Waals surface area (Å²) in [5, 5.41) is 16.2. The Morgan fingerprint density at radius 2 is 2.07 bits per heavy atom. The number of ether oxygens (including phenoxy) is 1. The first-order valence-electron chi connectivity index (χ1n) is 9.73. The molecule has 0 saturated carbocycles. The highest BCUT2D eigenvalue weighted by atomic mass is 16.5. The average molecular weight is 399 g/mol. The van der Waals surface area contributed by atoms with Gasteiger partial charge in [-0.1, -0.05) is 26.0 Å². The number of nitrogens with zero attached hydrogens (tertiary/aromatic N) is 4. The van der Waals surface area contributed by atoms with Gasteiger partial charge in [-0.05, 0) is 24.5 Å². The molecule has 156 valence electrons. The van der Waals surface area contributed by atoms with Crippen LogP contribution in [-0.4, -0.2) is 44.4 Å². The second-order valence-electron chi connectivity index (χ2n) is 7.16. The van der Waals surface area contributed by atoms with Crippen LogP contribution >= 0.6 is 0 Å². The number of nitrogen functional groups attached to an aromatic ring is 1. The normalized spacial score (nSPS) is 12.3. The third-order valence-electron chi connectivity index (χ3n) is 4.94. The number of aryl methyl sites for hydroxylation is 1. The molecule has 0 amide bonds. The Kier molecular flexibility index (Phi) is 6.38. The monoisotopic (exact) mass is 399 g/mol. The lowest BCUT2D eigenvalue weighted by Gasteiger charge is -2.20. The van der Waals surface area contributed by atoms with E-state index in [1.165, 1.54) is 0 Å². The van der Waals surface area contributed by atoms with Crippen LogP contribution in [0.4, 0.5) is 17.5 Å². The molecule has 29 heavy (non-hydrogen) atoms. The fraction of sp³-hybridized carbons (Fsp3) is 0.450. The second-order valence-corrected chi connectivity index (χ2v) is 7.16. The predicted octanol–water partition coefficient (Wildman–Crippen LogP) is 2.48. The van der Waals surface area contributed by atoms with E-state index in [4.69, 9.17) is 10.5 Å². The number of anilines is 3. The molecule has 3 aromatic rings. The van der Waals surface area contributed by atoms with Gasteiger partial charge in [0.1, 0.15) is 5.75 Å². The number of aliphatic hydroxyl groups excluding tert-OH is 1. The van der Waals surface area contributed by atoms with Gasteiger partial charge in [0.2, 0.25) is 5.95 Å². The van der Waals surface area contributed by atoms with Gasteiger partial charge in [0, 0.05) is 13.1 Å². The van der Waals surface area contributed by atoms with Crippen LogP contribution in [-0.2, 0) is 13.1 Å². The largest absolute Gasteiger partial charge is 0.495 e. The molecule has 0 aliphatic heterocycles. The zero-order valence-electron chi connectivity index (χ0n) is 17.3. The molecule has 0 spiro atoms. The zero-order chi connectivity index (χ0) is 21.0. The van der Waals surface area contributed by atoms with Gasteiger partial charge >= 0.3 is 0 Å². The minimum atomic E-state index is -0.146. The van der Waals surface area contributed by atoms with Crippen molar-refractivity contribution < 1.29 is 9.84 Å². The van der Waals surface area contributed by atoms with Crippen LogP contribution in [0.15, 0.2) is 24.5 Å². The maximum atomic E-state index is 9.66. The highest BCUT2D eigenvalue weighted by Crippen LogP contribution is 2.27. The van der Waals surface area contributed by atoms with E-state index in [2.05, 4.69) is 25.6 Å². The van der Waals surface area contributed by atoms with Gasteiger partial charge in [-0.2, -0.15) is 9.97 Å². The van der Waals surface area contributed by atoms with E-state index in [9.17, 15) is 5.11 Å². The lowest BCUT2D eigenvalue weighted by molar-refractivity contribution is 0.248. The minimum absolute atomic E-state index is 0.00475. The average Bonchev–Trinajstić information content (AvgIpc) is 3.14. The first kappa shape index (κ1) is 20.7. The number of benzene rings is 1. The number of hydrogen-bond acceptors (Lipinski definition) is 8. The van der Waals surface area contributed by atoms with Crippen molar-refractivity contribution in [2.45, 2.75) is 39.9 Å². The van der Waals surface area contributed by atoms with Gasteiger partial charge in [-0.15, -0.1) is 0 Å². The Morgan fingerprint density at radius 3 is 2.72 bits per heavy atom. The molecule has 9 nitrogen and oxygen atoms in total. The molecule has 0 saturated heterocycles. The topological polar surface area (TPSA) is 123 Å². The third kappa shape index (κ3) is 4.34. The maximum Gasteiger partial charge on any atom is 0.227 e. The molecule has 1 atom stereocenters. The van der Waals surface area contributed by atoms with Gasteiger partial charge in [0.05, 0.1) is 31.8 Å². The summed E-state index contributed by atoms with van der Waals surface area (Å²) in [6, 6.07) is 5.52. The van der Waals surface area contributed by atoms with Crippen LogP contribution in [0.3, 0.4) is 0 Å². The summed E-state index contributed by atoms with van der Waals surface area (Å²) >= 11 is 0. The van der Waals surface area contributed by atoms with Crippen molar-refractivity contribution in [2.75, 3.05) is 30.1 Å². The van der Waals surface area contributed by atoms with Crippen molar-refractivity contribution in [3.05, 3.63) is 30.1 Å². The minimum Gasteiger partial charge on any atom is -0.495 e. The van der Waals surface area contributed by atoms with Crippen molar-refractivity contribution in [1.29, 1.82) is 0 Å². The molecule has 9 heteroatoms. The fourth-order valence-electron chi connectivity index (χ4n) is 3.05. The molecule has 0 aliphatic rings. The Morgan fingerprint density at radius 1 is 1.28 bits per heavy atom. The number of rotatable bonds is 9. The first-order valence-corrected chi connectivity index (χ1v) is 9.73. The molecule has 1 aromatic carbocycles. The molecular weight excluding hydrogens is 370 g/mol. The standard InChI is InChI=1S/C20H29N7O2/c1-5-27-11-23-17-18(22-9-13-7-6-8-15(29-4)16(13)21)25-20(26-19(17)27)24-14(10-28)12(2)3/h6-8,11-12,14,28H,5,9-10,21H2,1-4H3,(H2,22,24,25,26). The zero-order valence-corrected chi connectivity index (χ0v) is 17.3. The molecule has 3 rings (SSSR count). The van der Waals surface area contributed by atoms with Gasteiger partial charge in [-0.3, -0.25) is 0 Å². The fourth-order valence-corrected chi connectivity index (χ4v) is 3.05. The van der Waals surface area contributed by atoms with Crippen LogP contribution in [0, 0.1) is 5.92 Å². The number of para-hydroxylation sites is 1. The summed E-state index contributed by atoms with van der Waals surface area (Å²) in [5.41, 5.74) is 9.09. The van der Waals surface area contributed by atoms with Gasteiger partial charge < -0.3 is 30.8 Å². The van der Waals surface area contributed by atoms with E-state index in [-0.39, 0.29) is 18.6 Å². The van der Waals surface area contributed by atoms with Gasteiger partial charge in [0.15, 0.2) is 17.0 Å². The summed E-state index contributed by atoms with van der Waals surface area (Å²) in [4.78, 5) is 13.7. The number of nitrogens with two attached hydrogens (primary N) is 1. The van der Waals surface area contributed by atoms with Crippen LogP contribution in [0.5, 0.6) is 5.75 Å². The Labute approximate surface area is 170 Å². The maximum absolute atomic E-state index is 9.66. The van der Waals surface area contributed by atoms with E-state index >= 15 is 0 Å². The lowest BCUT2D eigenvalue weighted by atomic mass is 10.1. The quantitative estimate of drug-likeness (QED) is 0.405. The third-order valence-corrected chi connectivity index (χ3v) is 4.94.